The SMILES string of the molecule is O=C(NC1CCCC1)[C@H](c1ccc(O)cc1)N(C[C@H]1CCCO1)C(=O)[C@H]1COc2ccccc2O1. The van der Waals surface area contributed by atoms with Gasteiger partial charge in [0.15, 0.2) is 11.5 Å². The molecule has 2 aromatic carbocycles. The fourth-order valence-corrected chi connectivity index (χ4v) is 5.14. The second-order valence-corrected chi connectivity index (χ2v) is 9.47. The van der Waals surface area contributed by atoms with E-state index in [9.17, 15) is 14.7 Å². The van der Waals surface area contributed by atoms with Gasteiger partial charge < -0.3 is 29.5 Å². The molecule has 35 heavy (non-hydrogen) atoms. The number of benzene rings is 2. The molecule has 2 amide bonds. The molecule has 0 aromatic heterocycles. The van der Waals surface area contributed by atoms with Gasteiger partial charge in [0, 0.05) is 19.2 Å². The lowest BCUT2D eigenvalue weighted by Gasteiger charge is -2.37. The molecule has 5 rings (SSSR count). The Kier molecular flexibility index (Phi) is 7.08. The van der Waals surface area contributed by atoms with Gasteiger partial charge in [-0.1, -0.05) is 37.1 Å². The standard InChI is InChI=1S/C27H32N2O6/c30-20-13-11-18(12-14-20)25(26(31)28-19-6-1-2-7-19)29(16-21-8-5-15-33-21)27(32)24-17-34-22-9-3-4-10-23(22)35-24/h3-4,9-14,19,21,24-25,30H,1-2,5-8,15-17H2,(H,28,31)/t21-,24-,25+/m1/s1. The molecule has 2 fully saturated rings. The normalized spacial score (nSPS) is 22.5. The topological polar surface area (TPSA) is 97.3 Å². The quantitative estimate of drug-likeness (QED) is 0.631. The summed E-state index contributed by atoms with van der Waals surface area (Å²) in [5, 5.41) is 13.0. The Hall–Kier alpha value is -3.26. The van der Waals surface area contributed by atoms with Crippen molar-refractivity contribution in [3.8, 4) is 17.2 Å². The number of hydrogen-bond donors (Lipinski definition) is 2. The number of phenolic OH excluding ortho intramolecular Hbond substituents is 1. The van der Waals surface area contributed by atoms with Crippen molar-refractivity contribution in [1.82, 2.24) is 10.2 Å². The van der Waals surface area contributed by atoms with E-state index >= 15 is 0 Å². The predicted octanol–water partition coefficient (Wildman–Crippen LogP) is 3.34. The van der Waals surface area contributed by atoms with Crippen LogP contribution in [0.25, 0.3) is 0 Å². The van der Waals surface area contributed by atoms with Crippen LogP contribution in [0.3, 0.4) is 0 Å². The van der Waals surface area contributed by atoms with Crippen molar-refractivity contribution in [3.63, 3.8) is 0 Å². The largest absolute Gasteiger partial charge is 0.508 e. The highest BCUT2D eigenvalue weighted by Gasteiger charge is 2.40. The number of carbonyl (C=O) groups is 2. The first-order valence-corrected chi connectivity index (χ1v) is 12.5. The summed E-state index contributed by atoms with van der Waals surface area (Å²) in [6.07, 6.45) is 4.73. The van der Waals surface area contributed by atoms with Gasteiger partial charge in [-0.3, -0.25) is 9.59 Å². The minimum atomic E-state index is -0.884. The summed E-state index contributed by atoms with van der Waals surface area (Å²) in [6, 6.07) is 12.9. The maximum absolute atomic E-state index is 14.0. The van der Waals surface area contributed by atoms with Crippen molar-refractivity contribution in [1.29, 1.82) is 0 Å². The zero-order valence-corrected chi connectivity index (χ0v) is 19.7. The number of hydrogen-bond acceptors (Lipinski definition) is 6. The highest BCUT2D eigenvalue weighted by Crippen LogP contribution is 2.33. The van der Waals surface area contributed by atoms with Crippen LogP contribution in [0.4, 0.5) is 0 Å². The number of carbonyl (C=O) groups excluding carboxylic acids is 2. The van der Waals surface area contributed by atoms with Crippen LogP contribution < -0.4 is 14.8 Å². The third-order valence-corrected chi connectivity index (χ3v) is 6.96. The molecule has 8 nitrogen and oxygen atoms in total. The molecule has 0 radical (unpaired) electrons. The maximum atomic E-state index is 14.0. The maximum Gasteiger partial charge on any atom is 0.268 e. The minimum absolute atomic E-state index is 0.0599. The van der Waals surface area contributed by atoms with Crippen LogP contribution in [0.2, 0.25) is 0 Å². The average molecular weight is 481 g/mol. The van der Waals surface area contributed by atoms with Crippen LogP contribution in [0.5, 0.6) is 17.2 Å². The summed E-state index contributed by atoms with van der Waals surface area (Å²) in [5.74, 6) is 0.643. The highest BCUT2D eigenvalue weighted by molar-refractivity contribution is 5.91. The monoisotopic (exact) mass is 480 g/mol. The van der Waals surface area contributed by atoms with Crippen molar-refractivity contribution in [2.75, 3.05) is 19.8 Å². The number of fused-ring (bicyclic) bond motifs is 1. The lowest BCUT2D eigenvalue weighted by Crippen LogP contribution is -2.53. The van der Waals surface area contributed by atoms with Gasteiger partial charge in [-0.05, 0) is 55.5 Å². The number of nitrogens with zero attached hydrogens (tertiary/aromatic N) is 1. The number of para-hydroxylation sites is 2. The Morgan fingerprint density at radius 1 is 1.00 bits per heavy atom. The molecular formula is C27H32N2O6. The van der Waals surface area contributed by atoms with E-state index in [1.54, 1.807) is 29.2 Å². The fourth-order valence-electron chi connectivity index (χ4n) is 5.14. The molecule has 3 atom stereocenters. The number of ether oxygens (including phenoxy) is 3. The van der Waals surface area contributed by atoms with Crippen LogP contribution in [0.1, 0.15) is 50.1 Å². The number of nitrogens with one attached hydrogen (secondary N) is 1. The first-order valence-electron chi connectivity index (χ1n) is 12.5. The van der Waals surface area contributed by atoms with Crippen molar-refractivity contribution in [3.05, 3.63) is 54.1 Å². The van der Waals surface area contributed by atoms with Gasteiger partial charge in [0.25, 0.3) is 5.91 Å². The van der Waals surface area contributed by atoms with Gasteiger partial charge in [0.1, 0.15) is 18.4 Å². The zero-order chi connectivity index (χ0) is 24.2. The number of aromatic hydroxyl groups is 1. The Bertz CT molecular complexity index is 1030. The summed E-state index contributed by atoms with van der Waals surface area (Å²) in [7, 11) is 0. The minimum Gasteiger partial charge on any atom is -0.508 e. The number of amides is 2. The zero-order valence-electron chi connectivity index (χ0n) is 19.7. The van der Waals surface area contributed by atoms with Crippen molar-refractivity contribution in [2.24, 2.45) is 0 Å². The Labute approximate surface area is 205 Å². The van der Waals surface area contributed by atoms with E-state index in [0.717, 1.165) is 38.5 Å². The van der Waals surface area contributed by atoms with E-state index in [4.69, 9.17) is 14.2 Å². The second-order valence-electron chi connectivity index (χ2n) is 9.47. The molecule has 0 unspecified atom stereocenters. The molecule has 3 aliphatic rings. The smallest absolute Gasteiger partial charge is 0.268 e. The summed E-state index contributed by atoms with van der Waals surface area (Å²) >= 11 is 0. The molecule has 186 valence electrons. The highest BCUT2D eigenvalue weighted by atomic mass is 16.6. The predicted molar refractivity (Wildman–Crippen MR) is 128 cm³/mol. The first kappa shape index (κ1) is 23.5. The fraction of sp³-hybridized carbons (Fsp3) is 0.481. The third-order valence-electron chi connectivity index (χ3n) is 6.96. The Balaban J connectivity index is 1.46. The summed E-state index contributed by atoms with van der Waals surface area (Å²) in [6.45, 7) is 0.968. The van der Waals surface area contributed by atoms with Gasteiger partial charge in [0.2, 0.25) is 12.0 Å². The molecule has 1 saturated carbocycles. The van der Waals surface area contributed by atoms with Crippen molar-refractivity contribution in [2.45, 2.75) is 62.8 Å². The average Bonchev–Trinajstić information content (AvgIpc) is 3.58. The van der Waals surface area contributed by atoms with E-state index in [1.165, 1.54) is 12.1 Å². The van der Waals surface area contributed by atoms with Gasteiger partial charge >= 0.3 is 0 Å². The van der Waals surface area contributed by atoms with Crippen LogP contribution in [0, 0.1) is 0 Å². The Morgan fingerprint density at radius 2 is 1.74 bits per heavy atom. The van der Waals surface area contributed by atoms with Crippen LogP contribution in [-0.2, 0) is 14.3 Å². The third kappa shape index (κ3) is 5.37. The van der Waals surface area contributed by atoms with E-state index < -0.39 is 12.1 Å². The van der Waals surface area contributed by atoms with E-state index in [-0.39, 0.29) is 42.9 Å². The van der Waals surface area contributed by atoms with E-state index in [0.29, 0.717) is 23.7 Å². The van der Waals surface area contributed by atoms with Gasteiger partial charge in [-0.15, -0.1) is 0 Å². The number of rotatable bonds is 7. The van der Waals surface area contributed by atoms with Gasteiger partial charge in [0.05, 0.1) is 6.10 Å². The molecule has 2 N–H and O–H groups in total. The molecule has 0 spiro atoms. The van der Waals surface area contributed by atoms with Crippen molar-refractivity contribution >= 4 is 11.8 Å². The summed E-state index contributed by atoms with van der Waals surface area (Å²) in [4.78, 5) is 29.2. The molecule has 2 aliphatic heterocycles. The van der Waals surface area contributed by atoms with E-state index in [2.05, 4.69) is 5.32 Å². The number of phenols is 1. The van der Waals surface area contributed by atoms with Gasteiger partial charge in [-0.2, -0.15) is 0 Å². The second kappa shape index (κ2) is 10.6. The molecule has 1 saturated heterocycles. The lowest BCUT2D eigenvalue weighted by atomic mass is 10.0. The lowest BCUT2D eigenvalue weighted by molar-refractivity contribution is -0.150. The summed E-state index contributed by atoms with van der Waals surface area (Å²) < 4.78 is 17.7. The van der Waals surface area contributed by atoms with Crippen molar-refractivity contribution < 1.29 is 28.9 Å². The molecule has 2 heterocycles. The Morgan fingerprint density at radius 3 is 2.46 bits per heavy atom. The molecule has 1 aliphatic carbocycles. The van der Waals surface area contributed by atoms with Crippen LogP contribution >= 0.6 is 0 Å². The molecule has 2 aromatic rings. The molecule has 0 bridgehead atoms. The van der Waals surface area contributed by atoms with Gasteiger partial charge in [-0.25, -0.2) is 0 Å². The van der Waals surface area contributed by atoms with E-state index in [1.807, 2.05) is 12.1 Å². The molecular weight excluding hydrogens is 448 g/mol. The first-order chi connectivity index (χ1) is 17.1. The van der Waals surface area contributed by atoms with Crippen LogP contribution in [0.15, 0.2) is 48.5 Å². The molecule has 8 heteroatoms. The summed E-state index contributed by atoms with van der Waals surface area (Å²) in [5.41, 5.74) is 0.627. The van der Waals surface area contributed by atoms with Crippen LogP contribution in [-0.4, -0.2) is 59.8 Å².